The van der Waals surface area contributed by atoms with Crippen molar-refractivity contribution in [3.63, 3.8) is 0 Å². The zero-order valence-corrected chi connectivity index (χ0v) is 17.8. The Hall–Kier alpha value is -3.34. The molecule has 0 radical (unpaired) electrons. The van der Waals surface area contributed by atoms with E-state index in [1.54, 1.807) is 17.8 Å². The van der Waals surface area contributed by atoms with Gasteiger partial charge < -0.3 is 15.7 Å². The van der Waals surface area contributed by atoms with Crippen molar-refractivity contribution in [3.8, 4) is 0 Å². The van der Waals surface area contributed by atoms with Gasteiger partial charge in [0.15, 0.2) is 17.3 Å². The molecule has 3 aromatic heterocycles. The lowest BCUT2D eigenvalue weighted by Gasteiger charge is -2.32. The summed E-state index contributed by atoms with van der Waals surface area (Å²) >= 11 is 0. The zero-order valence-electron chi connectivity index (χ0n) is 17.8. The number of hydrogen-bond acceptors (Lipinski definition) is 7. The average Bonchev–Trinajstić information content (AvgIpc) is 3.43. The van der Waals surface area contributed by atoms with Crippen LogP contribution in [0.5, 0.6) is 0 Å². The smallest absolute Gasteiger partial charge is 0.223 e. The van der Waals surface area contributed by atoms with E-state index in [2.05, 4.69) is 25.1 Å². The maximum absolute atomic E-state index is 14.2. The molecule has 168 valence electrons. The SMILES string of the molecule is C[C@H](O)[C@H](C)n1cc(N2CCCC(c3nc4c5cc(F)cc(F)c5nc(N)n4n3)C2)cn1. The summed E-state index contributed by atoms with van der Waals surface area (Å²) in [5.41, 5.74) is 7.21. The lowest BCUT2D eigenvalue weighted by Crippen LogP contribution is -2.34. The number of aliphatic hydroxyl groups excluding tert-OH is 1. The fraction of sp³-hybridized carbons (Fsp3) is 0.429. The molecule has 3 N–H and O–H groups in total. The summed E-state index contributed by atoms with van der Waals surface area (Å²) < 4.78 is 31.2. The number of benzene rings is 1. The molecule has 0 aliphatic carbocycles. The first-order valence-corrected chi connectivity index (χ1v) is 10.6. The fourth-order valence-electron chi connectivity index (χ4n) is 4.20. The van der Waals surface area contributed by atoms with E-state index in [-0.39, 0.29) is 34.5 Å². The molecule has 1 saturated heterocycles. The minimum Gasteiger partial charge on any atom is -0.391 e. The third-order valence-corrected chi connectivity index (χ3v) is 6.19. The van der Waals surface area contributed by atoms with Gasteiger partial charge >= 0.3 is 0 Å². The number of nitrogen functional groups attached to an aromatic ring is 1. The average molecular weight is 442 g/mol. The molecule has 11 heteroatoms. The predicted octanol–water partition coefficient (Wildman–Crippen LogP) is 2.66. The first kappa shape index (κ1) is 20.6. The highest BCUT2D eigenvalue weighted by Gasteiger charge is 2.27. The van der Waals surface area contributed by atoms with Crippen LogP contribution >= 0.6 is 0 Å². The number of nitrogens with two attached hydrogens (primary N) is 1. The van der Waals surface area contributed by atoms with E-state index in [0.29, 0.717) is 12.4 Å². The summed E-state index contributed by atoms with van der Waals surface area (Å²) in [6.07, 6.45) is 5.01. The maximum Gasteiger partial charge on any atom is 0.223 e. The van der Waals surface area contributed by atoms with Crippen molar-refractivity contribution >= 4 is 28.2 Å². The Bertz CT molecular complexity index is 1300. The van der Waals surface area contributed by atoms with Gasteiger partial charge in [-0.05, 0) is 32.8 Å². The number of hydrogen-bond donors (Lipinski definition) is 2. The Balaban J connectivity index is 1.48. The predicted molar refractivity (Wildman–Crippen MR) is 115 cm³/mol. The first-order chi connectivity index (χ1) is 15.3. The minimum absolute atomic E-state index is 0.00203. The number of anilines is 2. The van der Waals surface area contributed by atoms with Crippen molar-refractivity contribution in [1.29, 1.82) is 0 Å². The third kappa shape index (κ3) is 3.42. The number of rotatable bonds is 4. The maximum atomic E-state index is 14.2. The second-order valence-electron chi connectivity index (χ2n) is 8.40. The van der Waals surface area contributed by atoms with E-state index in [4.69, 9.17) is 5.73 Å². The van der Waals surface area contributed by atoms with Crippen LogP contribution in [0.1, 0.15) is 44.5 Å². The van der Waals surface area contributed by atoms with Gasteiger partial charge in [-0.3, -0.25) is 4.68 Å². The molecule has 3 atom stereocenters. The van der Waals surface area contributed by atoms with Crippen molar-refractivity contribution in [1.82, 2.24) is 29.4 Å². The van der Waals surface area contributed by atoms with Crippen LogP contribution < -0.4 is 10.6 Å². The summed E-state index contributed by atoms with van der Waals surface area (Å²) in [6, 6.07) is 1.85. The van der Waals surface area contributed by atoms with Crippen LogP contribution in [0.4, 0.5) is 20.4 Å². The van der Waals surface area contributed by atoms with Gasteiger partial charge in [0.05, 0.1) is 29.4 Å². The van der Waals surface area contributed by atoms with Gasteiger partial charge in [-0.25, -0.2) is 18.7 Å². The molecule has 0 amide bonds. The van der Waals surface area contributed by atoms with Crippen LogP contribution in [0.15, 0.2) is 24.5 Å². The van der Waals surface area contributed by atoms with Gasteiger partial charge in [0.25, 0.3) is 0 Å². The van der Waals surface area contributed by atoms with Crippen molar-refractivity contribution < 1.29 is 13.9 Å². The van der Waals surface area contributed by atoms with Crippen molar-refractivity contribution in [2.24, 2.45) is 0 Å². The molecule has 0 spiro atoms. The monoisotopic (exact) mass is 442 g/mol. The third-order valence-electron chi connectivity index (χ3n) is 6.19. The summed E-state index contributed by atoms with van der Waals surface area (Å²) in [5.74, 6) is -0.928. The lowest BCUT2D eigenvalue weighted by molar-refractivity contribution is 0.132. The molecular weight excluding hydrogens is 418 g/mol. The Morgan fingerprint density at radius 3 is 2.81 bits per heavy atom. The summed E-state index contributed by atoms with van der Waals surface area (Å²) in [5, 5.41) is 19.0. The standard InChI is InChI=1S/C21H24F2N8O/c1-11(12(2)32)30-10-15(8-25-30)29-5-3-4-13(9-29)19-27-20-16-6-14(22)7-17(23)18(16)26-21(24)31(20)28-19/h6-8,10-13,32H,3-5,9H2,1-2H3,(H2,24,26)/t11-,12-,13?/m0/s1. The second kappa shape index (κ2) is 7.66. The molecule has 0 saturated carbocycles. The Kier molecular flexibility index (Phi) is 4.92. The summed E-state index contributed by atoms with van der Waals surface area (Å²) in [4.78, 5) is 10.9. The quantitative estimate of drug-likeness (QED) is 0.500. The normalized spacial score (nSPS) is 19.0. The largest absolute Gasteiger partial charge is 0.391 e. The number of aliphatic hydroxyl groups is 1. The molecule has 1 aliphatic heterocycles. The second-order valence-corrected chi connectivity index (χ2v) is 8.40. The first-order valence-electron chi connectivity index (χ1n) is 10.6. The van der Waals surface area contributed by atoms with E-state index in [9.17, 15) is 13.9 Å². The number of aromatic nitrogens is 6. The van der Waals surface area contributed by atoms with Gasteiger partial charge in [0, 0.05) is 31.3 Å². The van der Waals surface area contributed by atoms with E-state index in [0.717, 1.165) is 31.1 Å². The highest BCUT2D eigenvalue weighted by molar-refractivity contribution is 5.92. The lowest BCUT2D eigenvalue weighted by atomic mass is 9.97. The van der Waals surface area contributed by atoms with Crippen LogP contribution in [0.25, 0.3) is 16.6 Å². The van der Waals surface area contributed by atoms with Gasteiger partial charge in [-0.1, -0.05) is 0 Å². The highest BCUT2D eigenvalue weighted by Crippen LogP contribution is 2.31. The molecule has 1 fully saturated rings. The van der Waals surface area contributed by atoms with Crippen molar-refractivity contribution in [3.05, 3.63) is 42.0 Å². The van der Waals surface area contributed by atoms with E-state index < -0.39 is 17.7 Å². The van der Waals surface area contributed by atoms with Gasteiger partial charge in [-0.2, -0.15) is 9.61 Å². The molecule has 5 rings (SSSR count). The minimum atomic E-state index is -0.786. The van der Waals surface area contributed by atoms with E-state index in [1.165, 1.54) is 10.6 Å². The fourth-order valence-corrected chi connectivity index (χ4v) is 4.20. The molecule has 1 aliphatic rings. The van der Waals surface area contributed by atoms with Gasteiger partial charge in [0.2, 0.25) is 5.95 Å². The number of halogens is 2. The van der Waals surface area contributed by atoms with Crippen molar-refractivity contribution in [2.75, 3.05) is 23.7 Å². The molecule has 9 nitrogen and oxygen atoms in total. The zero-order chi connectivity index (χ0) is 22.6. The Morgan fingerprint density at radius 2 is 2.03 bits per heavy atom. The molecule has 4 aromatic rings. The molecule has 0 bridgehead atoms. The molecule has 1 aromatic carbocycles. The van der Waals surface area contributed by atoms with Crippen LogP contribution in [0.3, 0.4) is 0 Å². The Morgan fingerprint density at radius 1 is 1.22 bits per heavy atom. The van der Waals surface area contributed by atoms with E-state index in [1.807, 2.05) is 13.1 Å². The van der Waals surface area contributed by atoms with Crippen LogP contribution in [0, 0.1) is 11.6 Å². The highest BCUT2D eigenvalue weighted by atomic mass is 19.1. The van der Waals surface area contributed by atoms with Gasteiger partial charge in [0.1, 0.15) is 11.3 Å². The number of piperidine rings is 1. The topological polar surface area (TPSA) is 110 Å². The van der Waals surface area contributed by atoms with Gasteiger partial charge in [-0.15, -0.1) is 5.10 Å². The Labute approximate surface area is 182 Å². The van der Waals surface area contributed by atoms with E-state index >= 15 is 0 Å². The molecule has 4 heterocycles. The molecule has 32 heavy (non-hydrogen) atoms. The number of nitrogens with zero attached hydrogens (tertiary/aromatic N) is 7. The summed E-state index contributed by atoms with van der Waals surface area (Å²) in [6.45, 7) is 5.18. The summed E-state index contributed by atoms with van der Waals surface area (Å²) in [7, 11) is 0. The number of fused-ring (bicyclic) bond motifs is 3. The van der Waals surface area contributed by atoms with Crippen LogP contribution in [-0.2, 0) is 0 Å². The van der Waals surface area contributed by atoms with Crippen molar-refractivity contribution in [2.45, 2.75) is 44.8 Å². The van der Waals surface area contributed by atoms with Crippen LogP contribution in [-0.4, -0.2) is 53.7 Å². The molecule has 1 unspecified atom stereocenters. The van der Waals surface area contributed by atoms with Crippen LogP contribution in [0.2, 0.25) is 0 Å². The molecular formula is C21H24F2N8O.